The van der Waals surface area contributed by atoms with Gasteiger partial charge in [-0.05, 0) is 0 Å². The Kier molecular flexibility index (Phi) is 3.99. The van der Waals surface area contributed by atoms with Crippen molar-refractivity contribution in [2.45, 2.75) is 0 Å². The molecule has 0 spiro atoms. The van der Waals surface area contributed by atoms with Gasteiger partial charge in [0.15, 0.2) is 0 Å². The van der Waals surface area contributed by atoms with E-state index in [9.17, 15) is 17.3 Å². The van der Waals surface area contributed by atoms with Crippen LogP contribution in [-0.4, -0.2) is 17.2 Å². The summed E-state index contributed by atoms with van der Waals surface area (Å²) in [5, 5.41) is 5.82. The van der Waals surface area contributed by atoms with Gasteiger partial charge in [0, 0.05) is 0 Å². The van der Waals surface area contributed by atoms with Crippen LogP contribution in [0, 0.1) is 5.82 Å². The van der Waals surface area contributed by atoms with E-state index in [0.29, 0.717) is 6.07 Å². The van der Waals surface area contributed by atoms with Gasteiger partial charge in [-0.3, -0.25) is 5.10 Å². The minimum Gasteiger partial charge on any atom is -0.445 e. The number of hydrogen-bond acceptors (Lipinski definition) is 1. The molecule has 0 amide bonds. The van der Waals surface area contributed by atoms with Gasteiger partial charge in [0.1, 0.15) is 5.82 Å². The van der Waals surface area contributed by atoms with Gasteiger partial charge in [0.25, 0.3) is 0 Å². The van der Waals surface area contributed by atoms with Crippen LogP contribution in [0.25, 0.3) is 10.9 Å². The largest absolute Gasteiger partial charge is 1.00 e. The molecule has 2 nitrogen and oxygen atoms in total. The quantitative estimate of drug-likeness (QED) is 0.492. The number of halogens is 4. The van der Waals surface area contributed by atoms with E-state index in [4.69, 9.17) is 0 Å². The van der Waals surface area contributed by atoms with Crippen LogP contribution in [0.3, 0.4) is 0 Å². The number of fused-ring (bicyclic) bond motifs is 1. The summed E-state index contributed by atoms with van der Waals surface area (Å²) in [5.41, 5.74) is -0.904. The Morgan fingerprint density at radius 3 is 2.47 bits per heavy atom. The van der Waals surface area contributed by atoms with Crippen LogP contribution in [0.4, 0.5) is 17.3 Å². The fraction of sp³-hybridized carbons (Fsp3) is 0. The van der Waals surface area contributed by atoms with Crippen LogP contribution in [0.2, 0.25) is 0 Å². The number of benzene rings is 1. The zero-order valence-electron chi connectivity index (χ0n) is 7.77. The monoisotopic (exact) mass is 242 g/mol. The van der Waals surface area contributed by atoms with E-state index in [2.05, 4.69) is 10.2 Å². The minimum atomic E-state index is -5.17. The molecule has 8 heteroatoms. The first-order chi connectivity index (χ1) is 6.48. The van der Waals surface area contributed by atoms with Crippen molar-refractivity contribution in [1.82, 2.24) is 10.2 Å². The van der Waals surface area contributed by atoms with Crippen molar-refractivity contribution in [3.63, 3.8) is 0 Å². The Labute approximate surface area is 125 Å². The number of aromatic nitrogens is 2. The van der Waals surface area contributed by atoms with Crippen LogP contribution in [0.15, 0.2) is 18.3 Å². The first-order valence-electron chi connectivity index (χ1n) is 3.81. The topological polar surface area (TPSA) is 28.7 Å². The molecule has 0 saturated heterocycles. The summed E-state index contributed by atoms with van der Waals surface area (Å²) in [4.78, 5) is 0. The van der Waals surface area contributed by atoms with E-state index >= 15 is 0 Å². The van der Waals surface area contributed by atoms with Crippen molar-refractivity contribution >= 4 is 23.3 Å². The molecular weight excluding hydrogens is 238 g/mol. The van der Waals surface area contributed by atoms with Crippen molar-refractivity contribution in [2.24, 2.45) is 0 Å². The van der Waals surface area contributed by atoms with Crippen LogP contribution in [0.1, 0.15) is 0 Å². The zero-order valence-corrected chi connectivity index (χ0v) is 10.9. The molecule has 1 heterocycles. The summed E-state index contributed by atoms with van der Waals surface area (Å²) in [6.07, 6.45) is 1.15. The number of nitrogens with zero attached hydrogens (tertiary/aromatic N) is 1. The number of nitrogens with one attached hydrogen (secondary N) is 1. The molecule has 1 N–H and O–H groups in total. The van der Waals surface area contributed by atoms with Crippen molar-refractivity contribution in [3.05, 3.63) is 24.1 Å². The molecule has 0 radical (unpaired) electrons. The molecule has 0 fully saturated rings. The summed E-state index contributed by atoms with van der Waals surface area (Å²) in [6, 6.07) is 1.34. The predicted molar refractivity (Wildman–Crippen MR) is 44.8 cm³/mol. The van der Waals surface area contributed by atoms with Crippen LogP contribution >= 0.6 is 0 Å². The predicted octanol–water partition coefficient (Wildman–Crippen LogP) is -1.24. The van der Waals surface area contributed by atoms with E-state index < -0.39 is 18.3 Å². The molecule has 0 aliphatic rings. The van der Waals surface area contributed by atoms with Crippen LogP contribution < -0.4 is 56.8 Å². The van der Waals surface area contributed by atoms with Gasteiger partial charge in [-0.15, -0.1) is 5.46 Å². The first kappa shape index (κ1) is 13.2. The Morgan fingerprint density at radius 1 is 1.20 bits per heavy atom. The molecule has 0 saturated carbocycles. The molecule has 74 valence electrons. The summed E-state index contributed by atoms with van der Waals surface area (Å²) < 4.78 is 49.9. The van der Waals surface area contributed by atoms with Crippen molar-refractivity contribution in [3.8, 4) is 0 Å². The van der Waals surface area contributed by atoms with Gasteiger partial charge >= 0.3 is 58.4 Å². The van der Waals surface area contributed by atoms with Crippen LogP contribution in [0.5, 0.6) is 0 Å². The molecule has 2 aromatic rings. The van der Waals surface area contributed by atoms with Crippen LogP contribution in [-0.2, 0) is 0 Å². The second-order valence-corrected chi connectivity index (χ2v) is 2.91. The third-order valence-corrected chi connectivity index (χ3v) is 1.91. The number of aromatic amines is 1. The summed E-state index contributed by atoms with van der Waals surface area (Å²) in [5.74, 6) is -0.912. The number of H-pyrrole nitrogens is 1. The number of rotatable bonds is 1. The average Bonchev–Trinajstić information content (AvgIpc) is 2.50. The van der Waals surface area contributed by atoms with E-state index in [1.807, 2.05) is 0 Å². The van der Waals surface area contributed by atoms with E-state index in [1.54, 1.807) is 0 Å². The van der Waals surface area contributed by atoms with Gasteiger partial charge in [0.05, 0.1) is 17.1 Å². The van der Waals surface area contributed by atoms with Gasteiger partial charge in [-0.25, -0.2) is 4.39 Å². The van der Waals surface area contributed by atoms with Gasteiger partial charge < -0.3 is 12.9 Å². The normalized spacial score (nSPS) is 11.5. The maximum atomic E-state index is 13.1. The summed E-state index contributed by atoms with van der Waals surface area (Å²) >= 11 is 0. The third-order valence-electron chi connectivity index (χ3n) is 1.91. The molecule has 0 unspecified atom stereocenters. The SMILES string of the molecule is Fc1cc([B-](F)(F)F)cc2[nH]ncc12.[K+]. The first-order valence-corrected chi connectivity index (χ1v) is 3.81. The van der Waals surface area contributed by atoms with Crippen molar-refractivity contribution in [1.29, 1.82) is 0 Å². The molecular formula is C7H4BF4KN2. The fourth-order valence-electron chi connectivity index (χ4n) is 1.22. The molecule has 2 rings (SSSR count). The molecule has 15 heavy (non-hydrogen) atoms. The Hall–Kier alpha value is 0.111. The van der Waals surface area contributed by atoms with E-state index in [0.717, 1.165) is 12.3 Å². The Morgan fingerprint density at radius 2 is 1.87 bits per heavy atom. The molecule has 1 aromatic heterocycles. The second-order valence-electron chi connectivity index (χ2n) is 2.91. The number of hydrogen-bond donors (Lipinski definition) is 1. The molecule has 0 atom stereocenters. The second kappa shape index (κ2) is 4.54. The molecule has 0 bridgehead atoms. The fourth-order valence-corrected chi connectivity index (χ4v) is 1.22. The smallest absolute Gasteiger partial charge is 0.445 e. The zero-order chi connectivity index (χ0) is 10.3. The standard InChI is InChI=1S/C7H4BF4N2.K/c9-6-1-4(8(10,11)12)2-7-5(6)3-13-14-7;/h1-3H,(H,13,14);/q-1;+1. The summed E-state index contributed by atoms with van der Waals surface area (Å²) in [7, 11) is 0. The summed E-state index contributed by atoms with van der Waals surface area (Å²) in [6.45, 7) is -5.17. The van der Waals surface area contributed by atoms with E-state index in [1.165, 1.54) is 0 Å². The minimum absolute atomic E-state index is 0. The molecule has 0 aliphatic carbocycles. The van der Waals surface area contributed by atoms with Gasteiger partial charge in [-0.1, -0.05) is 12.1 Å². The Balaban J connectivity index is 0.00000112. The van der Waals surface area contributed by atoms with Gasteiger partial charge in [-0.2, -0.15) is 5.10 Å². The average molecular weight is 242 g/mol. The third kappa shape index (κ3) is 2.62. The maximum absolute atomic E-state index is 13.1. The molecule has 1 aromatic carbocycles. The molecule has 0 aliphatic heterocycles. The van der Waals surface area contributed by atoms with E-state index in [-0.39, 0.29) is 62.3 Å². The van der Waals surface area contributed by atoms with Crippen molar-refractivity contribution in [2.75, 3.05) is 0 Å². The maximum Gasteiger partial charge on any atom is 1.00 e. The Bertz CT molecular complexity index is 481. The van der Waals surface area contributed by atoms with Gasteiger partial charge in [0.2, 0.25) is 0 Å². The van der Waals surface area contributed by atoms with Crippen molar-refractivity contribution < 1.29 is 68.7 Å².